The number of nitrogens with zero attached hydrogens (tertiary/aromatic N) is 2. The van der Waals surface area contributed by atoms with Crippen LogP contribution in [0.15, 0.2) is 29.8 Å². The van der Waals surface area contributed by atoms with Crippen LogP contribution in [0.25, 0.3) is 0 Å². The molecule has 160 valence electrons. The Bertz CT molecular complexity index is 872. The van der Waals surface area contributed by atoms with E-state index in [9.17, 15) is 0 Å². The topological polar surface area (TPSA) is 37.0 Å². The molecule has 6 heteroatoms. The van der Waals surface area contributed by atoms with E-state index in [0.717, 1.165) is 40.8 Å². The lowest BCUT2D eigenvalue weighted by Gasteiger charge is -2.55. The third-order valence-corrected chi connectivity index (χ3v) is 8.05. The molecule has 3 saturated heterocycles. The zero-order chi connectivity index (χ0) is 20.1. The van der Waals surface area contributed by atoms with E-state index < -0.39 is 0 Å². The normalized spacial score (nSPS) is 32.5. The second kappa shape index (κ2) is 7.72. The Hall–Kier alpha value is -1.79. The molecule has 4 heterocycles. The van der Waals surface area contributed by atoms with Crippen molar-refractivity contribution in [3.8, 4) is 11.5 Å². The first-order chi connectivity index (χ1) is 14.8. The molecule has 0 unspecified atom stereocenters. The molecule has 3 fully saturated rings. The molecule has 0 radical (unpaired) electrons. The molecule has 1 aromatic carbocycles. The highest BCUT2D eigenvalue weighted by Crippen LogP contribution is 2.45. The van der Waals surface area contributed by atoms with Crippen molar-refractivity contribution in [2.45, 2.75) is 50.6 Å². The Labute approximate surface area is 184 Å². The third kappa shape index (κ3) is 3.28. The average Bonchev–Trinajstić information content (AvgIpc) is 2.78. The summed E-state index contributed by atoms with van der Waals surface area (Å²) in [5.74, 6) is 3.08. The van der Waals surface area contributed by atoms with Gasteiger partial charge in [0, 0.05) is 30.9 Å². The fourth-order valence-electron chi connectivity index (χ4n) is 6.52. The maximum absolute atomic E-state index is 5.94. The number of benzene rings is 1. The summed E-state index contributed by atoms with van der Waals surface area (Å²) < 4.78 is 11.4. The summed E-state index contributed by atoms with van der Waals surface area (Å²) in [6, 6.07) is 7.29. The van der Waals surface area contributed by atoms with Gasteiger partial charge in [0.1, 0.15) is 13.2 Å². The number of fused-ring (bicyclic) bond motifs is 7. The number of nitrogens with one attached hydrogen (secondary N) is 1. The lowest BCUT2D eigenvalue weighted by molar-refractivity contribution is 0.0132. The fourth-order valence-corrected chi connectivity index (χ4v) is 6.84. The van der Waals surface area contributed by atoms with Gasteiger partial charge in [0.05, 0.1) is 6.04 Å². The van der Waals surface area contributed by atoms with Gasteiger partial charge >= 0.3 is 0 Å². The zero-order valence-corrected chi connectivity index (χ0v) is 18.3. The van der Waals surface area contributed by atoms with Gasteiger partial charge in [-0.25, -0.2) is 0 Å². The minimum Gasteiger partial charge on any atom is -0.486 e. The number of anilines is 1. The first-order valence-electron chi connectivity index (χ1n) is 11.7. The largest absolute Gasteiger partial charge is 0.486 e. The van der Waals surface area contributed by atoms with Crippen LogP contribution in [0.1, 0.15) is 38.5 Å². The molecule has 0 amide bonds. The van der Waals surface area contributed by atoms with Crippen LogP contribution >= 0.6 is 12.2 Å². The number of hydrogen-bond donors (Lipinski definition) is 1. The lowest BCUT2D eigenvalue weighted by atomic mass is 9.68. The van der Waals surface area contributed by atoms with Crippen LogP contribution in [-0.4, -0.2) is 59.8 Å². The van der Waals surface area contributed by atoms with Crippen LogP contribution < -0.4 is 14.8 Å². The predicted octanol–water partition coefficient (Wildman–Crippen LogP) is 4.05. The van der Waals surface area contributed by atoms with Gasteiger partial charge in [-0.2, -0.15) is 0 Å². The molecule has 4 atom stereocenters. The van der Waals surface area contributed by atoms with Crippen molar-refractivity contribution < 1.29 is 9.47 Å². The Morgan fingerprint density at radius 1 is 1.07 bits per heavy atom. The van der Waals surface area contributed by atoms with Crippen LogP contribution in [0.5, 0.6) is 11.5 Å². The van der Waals surface area contributed by atoms with Crippen LogP contribution in [-0.2, 0) is 0 Å². The summed E-state index contributed by atoms with van der Waals surface area (Å²) in [7, 11) is 0. The van der Waals surface area contributed by atoms with Gasteiger partial charge in [0.15, 0.2) is 16.6 Å². The third-order valence-electron chi connectivity index (χ3n) is 7.71. The predicted molar refractivity (Wildman–Crippen MR) is 122 cm³/mol. The Morgan fingerprint density at radius 3 is 2.90 bits per heavy atom. The van der Waals surface area contributed by atoms with Gasteiger partial charge in [-0.3, -0.25) is 4.90 Å². The van der Waals surface area contributed by atoms with E-state index in [0.29, 0.717) is 25.2 Å². The maximum atomic E-state index is 5.94. The molecule has 1 N–H and O–H groups in total. The van der Waals surface area contributed by atoms with Crippen LogP contribution in [0.4, 0.5) is 5.69 Å². The van der Waals surface area contributed by atoms with Gasteiger partial charge in [0.25, 0.3) is 0 Å². The van der Waals surface area contributed by atoms with Crippen LogP contribution in [0, 0.1) is 11.8 Å². The molecule has 30 heavy (non-hydrogen) atoms. The minimum absolute atomic E-state index is 0.468. The van der Waals surface area contributed by atoms with Crippen molar-refractivity contribution in [3.05, 3.63) is 29.8 Å². The zero-order valence-electron chi connectivity index (χ0n) is 17.5. The first-order valence-corrected chi connectivity index (χ1v) is 12.1. The van der Waals surface area contributed by atoms with E-state index in [1.54, 1.807) is 5.57 Å². The number of hydrogen-bond acceptors (Lipinski definition) is 4. The molecular weight excluding hydrogens is 394 g/mol. The second-order valence-electron chi connectivity index (χ2n) is 9.49. The molecule has 4 aliphatic heterocycles. The van der Waals surface area contributed by atoms with Crippen molar-refractivity contribution in [1.82, 2.24) is 9.80 Å². The van der Waals surface area contributed by atoms with Gasteiger partial charge < -0.3 is 19.7 Å². The monoisotopic (exact) mass is 425 g/mol. The maximum Gasteiger partial charge on any atom is 0.173 e. The van der Waals surface area contributed by atoms with E-state index in [-0.39, 0.29) is 0 Å². The van der Waals surface area contributed by atoms with Gasteiger partial charge in [-0.1, -0.05) is 18.1 Å². The molecule has 5 nitrogen and oxygen atoms in total. The van der Waals surface area contributed by atoms with E-state index in [1.165, 1.54) is 51.6 Å². The highest BCUT2D eigenvalue weighted by molar-refractivity contribution is 7.80. The van der Waals surface area contributed by atoms with Gasteiger partial charge in [-0.15, -0.1) is 0 Å². The molecule has 5 aliphatic rings. The smallest absolute Gasteiger partial charge is 0.173 e. The van der Waals surface area contributed by atoms with Crippen molar-refractivity contribution in [2.24, 2.45) is 11.8 Å². The highest BCUT2D eigenvalue weighted by Gasteiger charge is 2.46. The molecule has 1 aromatic rings. The van der Waals surface area contributed by atoms with Crippen molar-refractivity contribution >= 4 is 23.0 Å². The molecule has 0 spiro atoms. The van der Waals surface area contributed by atoms with Gasteiger partial charge in [0.2, 0.25) is 0 Å². The molecule has 6 rings (SSSR count). The first kappa shape index (κ1) is 18.9. The summed E-state index contributed by atoms with van der Waals surface area (Å²) in [6.07, 6.45) is 10.6. The van der Waals surface area contributed by atoms with E-state index in [2.05, 4.69) is 21.2 Å². The molecule has 0 saturated carbocycles. The number of thiocarbonyl (C=S) groups is 1. The van der Waals surface area contributed by atoms with E-state index in [1.807, 2.05) is 18.2 Å². The SMILES string of the molecule is S=C(Nc1ccc2c(c1)OCCO2)N1CCCC2=C[C@@H]3C[C@@H](CN4CCCC[C@H]34)[C@@H]21. The Balaban J connectivity index is 1.23. The number of rotatable bonds is 1. The molecule has 2 bridgehead atoms. The molecular formula is C24H31N3O2S. The quantitative estimate of drug-likeness (QED) is 0.540. The van der Waals surface area contributed by atoms with Gasteiger partial charge in [-0.05, 0) is 74.8 Å². The molecule has 1 aliphatic carbocycles. The summed E-state index contributed by atoms with van der Waals surface area (Å²) in [5, 5.41) is 4.35. The minimum atomic E-state index is 0.468. The van der Waals surface area contributed by atoms with Crippen molar-refractivity contribution in [2.75, 3.05) is 38.2 Å². The Morgan fingerprint density at radius 2 is 1.97 bits per heavy atom. The van der Waals surface area contributed by atoms with Crippen LogP contribution in [0.2, 0.25) is 0 Å². The van der Waals surface area contributed by atoms with E-state index >= 15 is 0 Å². The summed E-state index contributed by atoms with van der Waals surface area (Å²) >= 11 is 5.94. The number of ether oxygens (including phenoxy) is 2. The lowest BCUT2D eigenvalue weighted by Crippen LogP contribution is -2.60. The van der Waals surface area contributed by atoms with Crippen molar-refractivity contribution in [1.29, 1.82) is 0 Å². The second-order valence-corrected chi connectivity index (χ2v) is 9.88. The number of likely N-dealkylation sites (tertiary alicyclic amines) is 1. The molecule has 0 aromatic heterocycles. The Kier molecular flexibility index (Phi) is 4.87. The average molecular weight is 426 g/mol. The summed E-state index contributed by atoms with van der Waals surface area (Å²) in [5.41, 5.74) is 2.63. The van der Waals surface area contributed by atoms with E-state index in [4.69, 9.17) is 21.7 Å². The fraction of sp³-hybridized carbons (Fsp3) is 0.625. The van der Waals surface area contributed by atoms with Crippen molar-refractivity contribution in [3.63, 3.8) is 0 Å². The summed E-state index contributed by atoms with van der Waals surface area (Å²) in [6.45, 7) is 4.79. The summed E-state index contributed by atoms with van der Waals surface area (Å²) in [4.78, 5) is 5.27. The highest BCUT2D eigenvalue weighted by atomic mass is 32.1. The number of piperidine rings is 3. The van der Waals surface area contributed by atoms with Crippen LogP contribution in [0.3, 0.4) is 0 Å². The standard InChI is InChI=1S/C24H31N3O2S/c30-24(25-19-6-7-21-22(14-19)29-11-10-28-21)27-9-3-4-16-12-17-13-18(23(16)27)15-26-8-2-1-5-20(17)26/h6-7,12,14,17-18,20,23H,1-5,8-11,13,15H2,(H,25,30)/t17-,18+,20-,23-/m1/s1.